The molecule has 0 atom stereocenters. The summed E-state index contributed by atoms with van der Waals surface area (Å²) in [6, 6.07) is 4.41. The first-order chi connectivity index (χ1) is 10.8. The molecule has 0 unspecified atom stereocenters. The monoisotopic (exact) mass is 345 g/mol. The number of amides is 2. The average Bonchev–Trinajstić information content (AvgIpc) is 2.74. The van der Waals surface area contributed by atoms with Gasteiger partial charge >= 0.3 is 6.18 Å². The third kappa shape index (κ3) is 4.35. The van der Waals surface area contributed by atoms with Gasteiger partial charge in [0.1, 0.15) is 0 Å². The fourth-order valence-electron chi connectivity index (χ4n) is 1.98. The quantitative estimate of drug-likeness (QED) is 0.602. The molecule has 2 amide bonds. The number of thioether (sulfide) groups is 1. The number of halogens is 3. The lowest BCUT2D eigenvalue weighted by molar-refractivity contribution is -0.137. The molecule has 0 N–H and O–H groups in total. The molecule has 0 spiro atoms. The maximum atomic E-state index is 12.5. The summed E-state index contributed by atoms with van der Waals surface area (Å²) in [5, 5.41) is -0.385. The summed E-state index contributed by atoms with van der Waals surface area (Å²) in [6.07, 6.45) is -2.46. The molecule has 0 bridgehead atoms. The third-order valence-corrected chi connectivity index (χ3v) is 4.05. The Morgan fingerprint density at radius 3 is 2.43 bits per heavy atom. The van der Waals surface area contributed by atoms with E-state index in [1.165, 1.54) is 25.3 Å². The van der Waals surface area contributed by atoms with Crippen molar-refractivity contribution in [2.24, 2.45) is 0 Å². The molecule has 1 aromatic carbocycles. The first-order valence-electron chi connectivity index (χ1n) is 6.74. The average molecular weight is 345 g/mol. The van der Waals surface area contributed by atoms with Gasteiger partial charge in [0, 0.05) is 20.3 Å². The van der Waals surface area contributed by atoms with Crippen molar-refractivity contribution >= 4 is 29.0 Å². The minimum absolute atomic E-state index is 0.201. The van der Waals surface area contributed by atoms with Gasteiger partial charge in [-0.2, -0.15) is 13.2 Å². The first-order valence-corrected chi connectivity index (χ1v) is 7.56. The van der Waals surface area contributed by atoms with Crippen molar-refractivity contribution in [3.63, 3.8) is 0 Å². The predicted molar refractivity (Wildman–Crippen MR) is 80.6 cm³/mol. The maximum Gasteiger partial charge on any atom is 0.416 e. The second-order valence-electron chi connectivity index (χ2n) is 4.80. The maximum absolute atomic E-state index is 12.5. The second kappa shape index (κ2) is 7.18. The number of alkyl halides is 3. The van der Waals surface area contributed by atoms with Crippen LogP contribution in [0.1, 0.15) is 17.5 Å². The number of benzene rings is 1. The topological polar surface area (TPSA) is 46.6 Å². The summed E-state index contributed by atoms with van der Waals surface area (Å²) in [7, 11) is 1.53. The third-order valence-electron chi connectivity index (χ3n) is 3.14. The number of methoxy groups -OCH3 is 1. The van der Waals surface area contributed by atoms with Crippen molar-refractivity contribution in [3.05, 3.63) is 40.3 Å². The van der Waals surface area contributed by atoms with Gasteiger partial charge in [-0.25, -0.2) is 0 Å². The largest absolute Gasteiger partial charge is 0.416 e. The molecule has 8 heteroatoms. The normalized spacial score (nSPS) is 17.4. The highest BCUT2D eigenvalue weighted by molar-refractivity contribution is 8.18. The Morgan fingerprint density at radius 2 is 1.87 bits per heavy atom. The number of hydrogen-bond acceptors (Lipinski definition) is 4. The molecular weight excluding hydrogens is 331 g/mol. The molecule has 0 aromatic heterocycles. The molecule has 1 aliphatic rings. The lowest BCUT2D eigenvalue weighted by Crippen LogP contribution is -2.29. The van der Waals surface area contributed by atoms with Gasteiger partial charge in [0.25, 0.3) is 11.1 Å². The van der Waals surface area contributed by atoms with Crippen LogP contribution >= 0.6 is 11.8 Å². The molecule has 2 rings (SSSR count). The SMILES string of the molecule is COCCCN1C(=O)S/C(=C/c2ccc(C(F)(F)F)cc2)C1=O. The number of carbonyl (C=O) groups excluding carboxylic acids is 2. The fourth-order valence-corrected chi connectivity index (χ4v) is 2.84. The minimum atomic E-state index is -4.41. The van der Waals surface area contributed by atoms with Crippen LogP contribution in [0.4, 0.5) is 18.0 Å². The van der Waals surface area contributed by atoms with Gasteiger partial charge in [0.05, 0.1) is 10.5 Å². The smallest absolute Gasteiger partial charge is 0.385 e. The molecular formula is C15H14F3NO3S. The highest BCUT2D eigenvalue weighted by Crippen LogP contribution is 2.33. The van der Waals surface area contributed by atoms with Crippen molar-refractivity contribution in [2.45, 2.75) is 12.6 Å². The molecule has 124 valence electrons. The van der Waals surface area contributed by atoms with E-state index in [4.69, 9.17) is 4.74 Å². The predicted octanol–water partition coefficient (Wildman–Crippen LogP) is 3.78. The Balaban J connectivity index is 2.11. The summed E-state index contributed by atoms with van der Waals surface area (Å²) >= 11 is 0.780. The Hall–Kier alpha value is -1.80. The van der Waals surface area contributed by atoms with E-state index >= 15 is 0 Å². The number of ether oxygens (including phenoxy) is 1. The zero-order valence-electron chi connectivity index (χ0n) is 12.2. The number of imide groups is 1. The molecule has 1 aliphatic heterocycles. The van der Waals surface area contributed by atoms with Crippen LogP contribution < -0.4 is 0 Å². The molecule has 1 heterocycles. The Morgan fingerprint density at radius 1 is 1.22 bits per heavy atom. The van der Waals surface area contributed by atoms with Crippen molar-refractivity contribution in [3.8, 4) is 0 Å². The summed E-state index contributed by atoms with van der Waals surface area (Å²) < 4.78 is 42.4. The van der Waals surface area contributed by atoms with E-state index in [1.807, 2.05) is 0 Å². The summed E-state index contributed by atoms with van der Waals surface area (Å²) in [6.45, 7) is 0.683. The lowest BCUT2D eigenvalue weighted by Gasteiger charge is -2.11. The van der Waals surface area contributed by atoms with Gasteiger partial charge < -0.3 is 4.74 Å². The first kappa shape index (κ1) is 17.6. The van der Waals surface area contributed by atoms with Crippen LogP contribution in [0.25, 0.3) is 6.08 Å². The van der Waals surface area contributed by atoms with Crippen LogP contribution in [-0.2, 0) is 15.7 Å². The molecule has 0 aliphatic carbocycles. The number of carbonyl (C=O) groups is 2. The van der Waals surface area contributed by atoms with E-state index in [1.54, 1.807) is 0 Å². The van der Waals surface area contributed by atoms with Crippen molar-refractivity contribution in [1.29, 1.82) is 0 Å². The van der Waals surface area contributed by atoms with E-state index in [-0.39, 0.29) is 16.7 Å². The van der Waals surface area contributed by atoms with E-state index in [9.17, 15) is 22.8 Å². The number of nitrogens with zero attached hydrogens (tertiary/aromatic N) is 1. The highest BCUT2D eigenvalue weighted by Gasteiger charge is 2.34. The Bertz CT molecular complexity index is 626. The Kier molecular flexibility index (Phi) is 5.48. The molecule has 4 nitrogen and oxygen atoms in total. The minimum Gasteiger partial charge on any atom is -0.385 e. The van der Waals surface area contributed by atoms with Gasteiger partial charge in [0.2, 0.25) is 0 Å². The van der Waals surface area contributed by atoms with E-state index in [2.05, 4.69) is 0 Å². The van der Waals surface area contributed by atoms with E-state index < -0.39 is 17.6 Å². The van der Waals surface area contributed by atoms with E-state index in [0.717, 1.165) is 28.8 Å². The standard InChI is InChI=1S/C15H14F3NO3S/c1-22-8-2-7-19-13(20)12(23-14(19)21)9-10-3-5-11(6-4-10)15(16,17)18/h3-6,9H,2,7-8H2,1H3/b12-9+. The van der Waals surface area contributed by atoms with Crippen LogP contribution in [-0.4, -0.2) is 36.3 Å². The summed E-state index contributed by atoms with van der Waals surface area (Å²) in [5.41, 5.74) is -0.331. The van der Waals surface area contributed by atoms with Crippen molar-refractivity contribution < 1.29 is 27.5 Å². The van der Waals surface area contributed by atoms with Gasteiger partial charge in [-0.15, -0.1) is 0 Å². The molecule has 1 fully saturated rings. The zero-order chi connectivity index (χ0) is 17.0. The Labute approximate surface area is 135 Å². The van der Waals surface area contributed by atoms with Gasteiger partial charge in [-0.3, -0.25) is 14.5 Å². The number of hydrogen-bond donors (Lipinski definition) is 0. The van der Waals surface area contributed by atoms with Crippen LogP contribution in [0.5, 0.6) is 0 Å². The van der Waals surface area contributed by atoms with Crippen LogP contribution in [0, 0.1) is 0 Å². The molecule has 1 saturated heterocycles. The molecule has 0 radical (unpaired) electrons. The van der Waals surface area contributed by atoms with Crippen molar-refractivity contribution in [1.82, 2.24) is 4.90 Å². The molecule has 0 saturated carbocycles. The van der Waals surface area contributed by atoms with Crippen LogP contribution in [0.15, 0.2) is 29.2 Å². The van der Waals surface area contributed by atoms with Gasteiger partial charge in [-0.05, 0) is 42.0 Å². The van der Waals surface area contributed by atoms with E-state index in [0.29, 0.717) is 18.6 Å². The number of rotatable bonds is 5. The highest BCUT2D eigenvalue weighted by atomic mass is 32.2. The van der Waals surface area contributed by atoms with Crippen LogP contribution in [0.2, 0.25) is 0 Å². The van der Waals surface area contributed by atoms with Crippen LogP contribution in [0.3, 0.4) is 0 Å². The molecule has 1 aromatic rings. The second-order valence-corrected chi connectivity index (χ2v) is 5.79. The summed E-state index contributed by atoms with van der Waals surface area (Å²) in [4.78, 5) is 25.3. The van der Waals surface area contributed by atoms with Crippen molar-refractivity contribution in [2.75, 3.05) is 20.3 Å². The summed E-state index contributed by atoms with van der Waals surface area (Å²) in [5.74, 6) is -0.434. The van der Waals surface area contributed by atoms with Gasteiger partial charge in [0.15, 0.2) is 0 Å². The fraction of sp³-hybridized carbons (Fsp3) is 0.333. The van der Waals surface area contributed by atoms with Gasteiger partial charge in [-0.1, -0.05) is 12.1 Å². The lowest BCUT2D eigenvalue weighted by atomic mass is 10.1. The molecule has 23 heavy (non-hydrogen) atoms. The zero-order valence-corrected chi connectivity index (χ0v) is 13.0.